The molecule has 0 atom stereocenters. The molecule has 0 unspecified atom stereocenters. The number of nitrogens with zero attached hydrogens (tertiary/aromatic N) is 1. The zero-order valence-corrected chi connectivity index (χ0v) is 12.8. The van der Waals surface area contributed by atoms with E-state index in [0.29, 0.717) is 18.5 Å². The van der Waals surface area contributed by atoms with Crippen LogP contribution in [0.5, 0.6) is 0 Å². The van der Waals surface area contributed by atoms with Gasteiger partial charge in [-0.05, 0) is 18.6 Å². The molecule has 3 N–H and O–H groups in total. The van der Waals surface area contributed by atoms with E-state index in [1.807, 2.05) is 6.92 Å². The molecule has 23 heavy (non-hydrogen) atoms. The van der Waals surface area contributed by atoms with Gasteiger partial charge in [-0.15, -0.1) is 0 Å². The van der Waals surface area contributed by atoms with Crippen LogP contribution in [0.4, 0.5) is 8.78 Å². The molecule has 0 saturated heterocycles. The number of amidine groups is 1. The third-order valence-electron chi connectivity index (χ3n) is 3.28. The first-order chi connectivity index (χ1) is 11.0. The first-order valence-corrected chi connectivity index (χ1v) is 7.17. The van der Waals surface area contributed by atoms with E-state index in [0.717, 1.165) is 11.9 Å². The van der Waals surface area contributed by atoms with Gasteiger partial charge >= 0.3 is 0 Å². The summed E-state index contributed by atoms with van der Waals surface area (Å²) in [6, 6.07) is 6.51. The summed E-state index contributed by atoms with van der Waals surface area (Å²) in [6.07, 6.45) is 3.24. The molecule has 0 amide bonds. The zero-order chi connectivity index (χ0) is 16.8. The number of hydrogen-bond donors (Lipinski definition) is 3. The monoisotopic (exact) mass is 316 g/mol. The van der Waals surface area contributed by atoms with Crippen LogP contribution in [0.1, 0.15) is 18.9 Å². The predicted molar refractivity (Wildman–Crippen MR) is 88.2 cm³/mol. The minimum Gasteiger partial charge on any atom is -0.384 e. The number of benzene rings is 1. The van der Waals surface area contributed by atoms with E-state index in [4.69, 9.17) is 5.41 Å². The molecule has 1 aromatic rings. The summed E-state index contributed by atoms with van der Waals surface area (Å²) in [5.41, 5.74) is 1.46. The molecule has 1 heterocycles. The molecular formula is C17H18F2N4. The fraction of sp³-hybridized carbons (Fsp3) is 0.176. The van der Waals surface area contributed by atoms with Crippen molar-refractivity contribution in [2.75, 3.05) is 0 Å². The van der Waals surface area contributed by atoms with Crippen molar-refractivity contribution in [3.05, 3.63) is 71.7 Å². The standard InChI is InChI=1S/C17H18F2N4/c1-3-13(21-9-12-6-4-5-7-14(12)18)8-16(20)17-22-10-15(19)11(2)23-17/h4-8,10,20-21H,2-3,9H2,1H3,(H,22,23)/b13-8-,20-16?. The van der Waals surface area contributed by atoms with E-state index in [9.17, 15) is 8.78 Å². The van der Waals surface area contributed by atoms with Gasteiger partial charge < -0.3 is 10.6 Å². The molecular weight excluding hydrogens is 298 g/mol. The molecule has 1 aliphatic heterocycles. The smallest absolute Gasteiger partial charge is 0.164 e. The molecule has 2 rings (SSSR count). The number of allylic oxidation sites excluding steroid dienone is 2. The van der Waals surface area contributed by atoms with Gasteiger partial charge in [-0.3, -0.25) is 5.41 Å². The summed E-state index contributed by atoms with van der Waals surface area (Å²) in [4.78, 5) is 3.83. The number of aliphatic imine (C=N–C) groups is 1. The maximum absolute atomic E-state index is 13.6. The van der Waals surface area contributed by atoms with Crippen molar-refractivity contribution in [3.63, 3.8) is 0 Å². The van der Waals surface area contributed by atoms with Crippen LogP contribution in [0.15, 0.2) is 65.3 Å². The Bertz CT molecular complexity index is 717. The van der Waals surface area contributed by atoms with Gasteiger partial charge in [0.25, 0.3) is 0 Å². The molecule has 0 fully saturated rings. The predicted octanol–water partition coefficient (Wildman–Crippen LogP) is 3.56. The minimum atomic E-state index is -0.557. The first kappa shape index (κ1) is 16.6. The average Bonchev–Trinajstić information content (AvgIpc) is 2.55. The van der Waals surface area contributed by atoms with E-state index in [1.165, 1.54) is 6.07 Å². The SMILES string of the molecule is C=C1NC(C(=N)/C=C(/CC)NCc2ccccc2F)=NC=C1F. The zero-order valence-electron chi connectivity index (χ0n) is 12.8. The Hall–Kier alpha value is -2.76. The molecule has 0 aromatic heterocycles. The van der Waals surface area contributed by atoms with Crippen LogP contribution < -0.4 is 10.6 Å². The van der Waals surface area contributed by atoms with Gasteiger partial charge in [0.05, 0.1) is 17.6 Å². The molecule has 0 saturated carbocycles. The van der Waals surface area contributed by atoms with Gasteiger partial charge in [-0.2, -0.15) is 0 Å². The van der Waals surface area contributed by atoms with Gasteiger partial charge in [-0.25, -0.2) is 13.8 Å². The molecule has 120 valence electrons. The fourth-order valence-corrected chi connectivity index (χ4v) is 1.94. The molecule has 0 bridgehead atoms. The molecule has 1 aromatic carbocycles. The molecule has 0 radical (unpaired) electrons. The lowest BCUT2D eigenvalue weighted by molar-refractivity contribution is 0.599. The van der Waals surface area contributed by atoms with Crippen molar-refractivity contribution in [2.45, 2.75) is 19.9 Å². The Morgan fingerprint density at radius 2 is 2.13 bits per heavy atom. The van der Waals surface area contributed by atoms with Gasteiger partial charge in [0.2, 0.25) is 0 Å². The van der Waals surface area contributed by atoms with E-state index >= 15 is 0 Å². The van der Waals surface area contributed by atoms with Crippen LogP contribution in [0.25, 0.3) is 0 Å². The van der Waals surface area contributed by atoms with E-state index < -0.39 is 5.83 Å². The lowest BCUT2D eigenvalue weighted by atomic mass is 10.2. The third kappa shape index (κ3) is 4.35. The van der Waals surface area contributed by atoms with Crippen LogP contribution in [0, 0.1) is 11.2 Å². The van der Waals surface area contributed by atoms with Gasteiger partial charge in [0, 0.05) is 17.8 Å². The highest BCUT2D eigenvalue weighted by atomic mass is 19.1. The Labute approximate surface area is 133 Å². The summed E-state index contributed by atoms with van der Waals surface area (Å²) in [7, 11) is 0. The van der Waals surface area contributed by atoms with Crippen molar-refractivity contribution in [1.82, 2.24) is 10.6 Å². The maximum atomic E-state index is 13.6. The van der Waals surface area contributed by atoms with Gasteiger partial charge in [0.15, 0.2) is 11.7 Å². The summed E-state index contributed by atoms with van der Waals surface area (Å²) >= 11 is 0. The van der Waals surface area contributed by atoms with Crippen LogP contribution in [0.3, 0.4) is 0 Å². The fourth-order valence-electron chi connectivity index (χ4n) is 1.94. The number of hydrogen-bond acceptors (Lipinski definition) is 4. The summed E-state index contributed by atoms with van der Waals surface area (Å²) < 4.78 is 26.7. The lowest BCUT2D eigenvalue weighted by Crippen LogP contribution is -2.31. The highest BCUT2D eigenvalue weighted by Gasteiger charge is 2.13. The van der Waals surface area contributed by atoms with Gasteiger partial charge in [0.1, 0.15) is 5.82 Å². The van der Waals surface area contributed by atoms with Crippen molar-refractivity contribution in [1.29, 1.82) is 5.41 Å². The summed E-state index contributed by atoms with van der Waals surface area (Å²) in [6.45, 7) is 5.74. The molecule has 1 aliphatic rings. The van der Waals surface area contributed by atoms with Crippen molar-refractivity contribution >= 4 is 11.5 Å². The molecule has 0 aliphatic carbocycles. The highest BCUT2D eigenvalue weighted by Crippen LogP contribution is 2.12. The second kappa shape index (κ2) is 7.49. The maximum Gasteiger partial charge on any atom is 0.164 e. The second-order valence-electron chi connectivity index (χ2n) is 4.94. The second-order valence-corrected chi connectivity index (χ2v) is 4.94. The van der Waals surface area contributed by atoms with Crippen LogP contribution in [0.2, 0.25) is 0 Å². The van der Waals surface area contributed by atoms with Crippen LogP contribution in [-0.4, -0.2) is 11.5 Å². The molecule has 0 spiro atoms. The summed E-state index contributed by atoms with van der Waals surface area (Å²) in [5, 5.41) is 13.8. The van der Waals surface area contributed by atoms with E-state index in [-0.39, 0.29) is 23.1 Å². The highest BCUT2D eigenvalue weighted by molar-refractivity contribution is 6.45. The Morgan fingerprint density at radius 3 is 2.78 bits per heavy atom. The van der Waals surface area contributed by atoms with Gasteiger partial charge in [-0.1, -0.05) is 31.7 Å². The van der Waals surface area contributed by atoms with E-state index in [2.05, 4.69) is 22.2 Å². The topological polar surface area (TPSA) is 60.3 Å². The average molecular weight is 316 g/mol. The Balaban J connectivity index is 2.05. The number of halogens is 2. The minimum absolute atomic E-state index is 0.0746. The lowest BCUT2D eigenvalue weighted by Gasteiger charge is -2.15. The third-order valence-corrected chi connectivity index (χ3v) is 3.28. The summed E-state index contributed by atoms with van der Waals surface area (Å²) in [5.74, 6) is -0.616. The number of nitrogens with one attached hydrogen (secondary N) is 3. The van der Waals surface area contributed by atoms with Crippen LogP contribution >= 0.6 is 0 Å². The largest absolute Gasteiger partial charge is 0.384 e. The van der Waals surface area contributed by atoms with Crippen molar-refractivity contribution in [2.24, 2.45) is 4.99 Å². The van der Waals surface area contributed by atoms with Crippen molar-refractivity contribution in [3.8, 4) is 0 Å². The molecule has 6 heteroatoms. The van der Waals surface area contributed by atoms with E-state index in [1.54, 1.807) is 24.3 Å². The quantitative estimate of drug-likeness (QED) is 0.703. The molecule has 4 nitrogen and oxygen atoms in total. The number of rotatable bonds is 6. The normalized spacial score (nSPS) is 14.7. The first-order valence-electron chi connectivity index (χ1n) is 7.17. The van der Waals surface area contributed by atoms with Crippen molar-refractivity contribution < 1.29 is 8.78 Å². The Morgan fingerprint density at radius 1 is 1.39 bits per heavy atom. The van der Waals surface area contributed by atoms with Crippen LogP contribution in [-0.2, 0) is 6.54 Å². The Kier molecular flexibility index (Phi) is 5.41.